The van der Waals surface area contributed by atoms with Crippen molar-refractivity contribution in [1.82, 2.24) is 9.13 Å². The van der Waals surface area contributed by atoms with Gasteiger partial charge in [0.15, 0.2) is 0 Å². The first-order chi connectivity index (χ1) is 13.0. The van der Waals surface area contributed by atoms with Gasteiger partial charge in [0.05, 0.1) is 18.2 Å². The van der Waals surface area contributed by atoms with Gasteiger partial charge in [-0.25, -0.2) is 4.79 Å². The van der Waals surface area contributed by atoms with Gasteiger partial charge in [-0.05, 0) is 30.9 Å². The smallest absolute Gasteiger partial charge is 0.332 e. The molecule has 1 fully saturated rings. The maximum atomic E-state index is 12.8. The Bertz CT molecular complexity index is 970. The molecule has 1 aromatic heterocycles. The summed E-state index contributed by atoms with van der Waals surface area (Å²) < 4.78 is 2.60. The lowest BCUT2D eigenvalue weighted by molar-refractivity contribution is 0.545. The molecule has 142 valence electrons. The van der Waals surface area contributed by atoms with Crippen LogP contribution in [0.1, 0.15) is 43.2 Å². The molecule has 0 aliphatic heterocycles. The number of hydrogen-bond donors (Lipinski definition) is 2. The van der Waals surface area contributed by atoms with E-state index >= 15 is 0 Å². The van der Waals surface area contributed by atoms with Crippen LogP contribution in [0.3, 0.4) is 0 Å². The van der Waals surface area contributed by atoms with Gasteiger partial charge in [-0.1, -0.05) is 31.0 Å². The highest BCUT2D eigenvalue weighted by molar-refractivity contribution is 5.41. The molecule has 7 nitrogen and oxygen atoms in total. The third kappa shape index (κ3) is 4.29. The zero-order valence-corrected chi connectivity index (χ0v) is 15.5. The number of rotatable bonds is 4. The minimum atomic E-state index is -0.407. The summed E-state index contributed by atoms with van der Waals surface area (Å²) in [5, 5.41) is 12.7. The Hall–Kier alpha value is -2.85. The summed E-state index contributed by atoms with van der Waals surface area (Å²) in [5.41, 5.74) is 6.64. The van der Waals surface area contributed by atoms with Crippen LogP contribution in [0.15, 0.2) is 39.9 Å². The van der Waals surface area contributed by atoms with Crippen molar-refractivity contribution in [2.24, 2.45) is 12.8 Å². The minimum absolute atomic E-state index is 0.117. The number of nitrogens with two attached hydrogens (primary N) is 1. The molecule has 1 aliphatic carbocycles. The number of aromatic nitrogens is 2. The summed E-state index contributed by atoms with van der Waals surface area (Å²) in [7, 11) is 1.46. The first-order valence-electron chi connectivity index (χ1n) is 9.30. The molecule has 2 atom stereocenters. The van der Waals surface area contributed by atoms with Crippen LogP contribution in [0.2, 0.25) is 0 Å². The molecule has 1 aromatic carbocycles. The molecule has 0 radical (unpaired) electrons. The van der Waals surface area contributed by atoms with Crippen molar-refractivity contribution in [3.63, 3.8) is 0 Å². The van der Waals surface area contributed by atoms with Gasteiger partial charge in [-0.2, -0.15) is 5.26 Å². The Balaban J connectivity index is 1.99. The second-order valence-electron chi connectivity index (χ2n) is 7.19. The largest absolute Gasteiger partial charge is 0.368 e. The lowest BCUT2D eigenvalue weighted by atomic mass is 10.1. The van der Waals surface area contributed by atoms with Gasteiger partial charge in [0.2, 0.25) is 0 Å². The highest BCUT2D eigenvalue weighted by Gasteiger charge is 2.20. The summed E-state index contributed by atoms with van der Waals surface area (Å²) in [6, 6.07) is 11.0. The number of nitrogens with one attached hydrogen (secondary N) is 1. The summed E-state index contributed by atoms with van der Waals surface area (Å²) in [6.45, 7) is 0.220. The summed E-state index contributed by atoms with van der Waals surface area (Å²) in [5.74, 6) is 0.481. The molecule has 1 saturated carbocycles. The van der Waals surface area contributed by atoms with E-state index in [0.29, 0.717) is 11.4 Å². The van der Waals surface area contributed by atoms with Crippen molar-refractivity contribution in [2.45, 2.75) is 50.7 Å². The van der Waals surface area contributed by atoms with Crippen LogP contribution in [0.4, 0.5) is 5.82 Å². The van der Waals surface area contributed by atoms with Crippen LogP contribution in [0, 0.1) is 11.3 Å². The van der Waals surface area contributed by atoms with Crippen LogP contribution in [-0.2, 0) is 13.6 Å². The molecule has 0 spiro atoms. The number of nitriles is 1. The van der Waals surface area contributed by atoms with Crippen molar-refractivity contribution in [2.75, 3.05) is 5.32 Å². The fourth-order valence-corrected chi connectivity index (χ4v) is 3.62. The summed E-state index contributed by atoms with van der Waals surface area (Å²) >= 11 is 0. The maximum Gasteiger partial charge on any atom is 0.332 e. The number of benzene rings is 1. The molecular formula is C20H25N5O2. The Morgan fingerprint density at radius 2 is 2.00 bits per heavy atom. The molecule has 1 heterocycles. The number of hydrogen-bond acceptors (Lipinski definition) is 5. The Morgan fingerprint density at radius 3 is 2.78 bits per heavy atom. The summed E-state index contributed by atoms with van der Waals surface area (Å²) in [4.78, 5) is 25.0. The van der Waals surface area contributed by atoms with Crippen molar-refractivity contribution in [3.8, 4) is 6.07 Å². The zero-order chi connectivity index (χ0) is 19.4. The molecule has 0 saturated heterocycles. The van der Waals surface area contributed by atoms with Crippen LogP contribution in [0.5, 0.6) is 0 Å². The normalized spacial score (nSPS) is 19.9. The van der Waals surface area contributed by atoms with E-state index in [2.05, 4.69) is 11.4 Å². The molecule has 3 rings (SSSR count). The zero-order valence-electron chi connectivity index (χ0n) is 15.5. The average Bonchev–Trinajstić information content (AvgIpc) is 2.87. The monoisotopic (exact) mass is 367 g/mol. The molecule has 27 heavy (non-hydrogen) atoms. The van der Waals surface area contributed by atoms with Gasteiger partial charge in [0.25, 0.3) is 5.56 Å². The molecule has 7 heteroatoms. The van der Waals surface area contributed by atoms with Gasteiger partial charge < -0.3 is 11.1 Å². The Labute approximate surface area is 158 Å². The summed E-state index contributed by atoms with van der Waals surface area (Å²) in [6.07, 6.45) is 4.91. The van der Waals surface area contributed by atoms with E-state index in [1.165, 1.54) is 17.7 Å². The molecule has 2 aromatic rings. The highest BCUT2D eigenvalue weighted by Crippen LogP contribution is 2.20. The minimum Gasteiger partial charge on any atom is -0.368 e. The van der Waals surface area contributed by atoms with Crippen LogP contribution < -0.4 is 22.3 Å². The standard InChI is InChI=1S/C20H25N5O2/c1-24-19(26)11-18(23-17-9-5-4-8-16(22)10-17)25(20(24)27)13-15-7-3-2-6-14(15)12-21/h2-3,6-7,11,16-17,23H,4-5,8-10,13,22H2,1H3. The third-order valence-corrected chi connectivity index (χ3v) is 5.18. The van der Waals surface area contributed by atoms with E-state index in [9.17, 15) is 14.9 Å². The highest BCUT2D eigenvalue weighted by atomic mass is 16.2. The van der Waals surface area contributed by atoms with E-state index in [-0.39, 0.29) is 24.2 Å². The van der Waals surface area contributed by atoms with Crippen LogP contribution in [-0.4, -0.2) is 21.2 Å². The topological polar surface area (TPSA) is 106 Å². The van der Waals surface area contributed by atoms with E-state index in [1.807, 2.05) is 12.1 Å². The van der Waals surface area contributed by atoms with Gasteiger partial charge >= 0.3 is 5.69 Å². The molecule has 0 amide bonds. The van der Waals surface area contributed by atoms with Crippen molar-refractivity contribution < 1.29 is 0 Å². The fourth-order valence-electron chi connectivity index (χ4n) is 3.62. The average molecular weight is 367 g/mol. The molecule has 3 N–H and O–H groups in total. The predicted octanol–water partition coefficient (Wildman–Crippen LogP) is 1.54. The van der Waals surface area contributed by atoms with E-state index in [1.54, 1.807) is 12.1 Å². The molecular weight excluding hydrogens is 342 g/mol. The van der Waals surface area contributed by atoms with Crippen LogP contribution >= 0.6 is 0 Å². The van der Waals surface area contributed by atoms with Gasteiger partial charge in [0.1, 0.15) is 5.82 Å². The number of nitrogens with zero attached hydrogens (tertiary/aromatic N) is 3. The SMILES string of the molecule is Cn1c(=O)cc(NC2CCCCC(N)C2)n(Cc2ccccc2C#N)c1=O. The predicted molar refractivity (Wildman–Crippen MR) is 105 cm³/mol. The van der Waals surface area contributed by atoms with Crippen molar-refractivity contribution in [3.05, 3.63) is 62.3 Å². The van der Waals surface area contributed by atoms with Gasteiger partial charge in [-0.15, -0.1) is 0 Å². The molecule has 2 unspecified atom stereocenters. The lowest BCUT2D eigenvalue weighted by Gasteiger charge is -2.23. The quantitative estimate of drug-likeness (QED) is 0.798. The fraction of sp³-hybridized carbons (Fsp3) is 0.450. The number of anilines is 1. The third-order valence-electron chi connectivity index (χ3n) is 5.18. The van der Waals surface area contributed by atoms with Gasteiger partial charge in [-0.3, -0.25) is 13.9 Å². The Kier molecular flexibility index (Phi) is 5.77. The second-order valence-corrected chi connectivity index (χ2v) is 7.19. The second kappa shape index (κ2) is 8.23. The lowest BCUT2D eigenvalue weighted by Crippen LogP contribution is -2.40. The van der Waals surface area contributed by atoms with E-state index in [4.69, 9.17) is 5.73 Å². The maximum absolute atomic E-state index is 12.8. The van der Waals surface area contributed by atoms with Gasteiger partial charge in [0, 0.05) is 25.2 Å². The first-order valence-corrected chi connectivity index (χ1v) is 9.30. The molecule has 0 bridgehead atoms. The van der Waals surface area contributed by atoms with Crippen molar-refractivity contribution >= 4 is 5.82 Å². The Morgan fingerprint density at radius 1 is 1.26 bits per heavy atom. The van der Waals surface area contributed by atoms with E-state index in [0.717, 1.165) is 42.2 Å². The molecule has 1 aliphatic rings. The van der Waals surface area contributed by atoms with Crippen LogP contribution in [0.25, 0.3) is 0 Å². The van der Waals surface area contributed by atoms with E-state index < -0.39 is 5.69 Å². The first kappa shape index (κ1) is 18.9. The van der Waals surface area contributed by atoms with Crippen molar-refractivity contribution in [1.29, 1.82) is 5.26 Å².